The highest BCUT2D eigenvalue weighted by atomic mass is 19.1. The van der Waals surface area contributed by atoms with E-state index in [1.807, 2.05) is 12.1 Å². The Morgan fingerprint density at radius 3 is 2.67 bits per heavy atom. The van der Waals surface area contributed by atoms with E-state index in [-0.39, 0.29) is 5.82 Å². The molecule has 0 radical (unpaired) electrons. The summed E-state index contributed by atoms with van der Waals surface area (Å²) in [6, 6.07) is 7.06. The summed E-state index contributed by atoms with van der Waals surface area (Å²) in [6.07, 6.45) is 2.96. The summed E-state index contributed by atoms with van der Waals surface area (Å²) < 4.78 is 18.5. The van der Waals surface area contributed by atoms with Gasteiger partial charge >= 0.3 is 0 Å². The highest BCUT2D eigenvalue weighted by molar-refractivity contribution is 5.21. The third kappa shape index (κ3) is 3.63. The van der Waals surface area contributed by atoms with Crippen molar-refractivity contribution >= 4 is 0 Å². The number of methoxy groups -OCH3 is 1. The van der Waals surface area contributed by atoms with Crippen LogP contribution < -0.4 is 0 Å². The number of rotatable bonds is 6. The molecule has 0 aliphatic rings. The molecule has 0 aliphatic heterocycles. The first-order valence-electron chi connectivity index (χ1n) is 5.53. The van der Waals surface area contributed by atoms with Gasteiger partial charge in [0.1, 0.15) is 5.82 Å². The number of hydrogen-bond acceptors (Lipinski definition) is 1. The highest BCUT2D eigenvalue weighted by Gasteiger charge is 2.12. The zero-order valence-corrected chi connectivity index (χ0v) is 9.50. The van der Waals surface area contributed by atoms with Crippen LogP contribution in [0.4, 0.5) is 4.39 Å². The van der Waals surface area contributed by atoms with Gasteiger partial charge in [0.25, 0.3) is 0 Å². The summed E-state index contributed by atoms with van der Waals surface area (Å²) in [4.78, 5) is 0. The SMILES string of the molecule is CC[C@@H](CCCOC)c1ccccc1F. The first-order chi connectivity index (χ1) is 7.29. The molecule has 1 atom stereocenters. The van der Waals surface area contributed by atoms with Crippen molar-refractivity contribution in [2.75, 3.05) is 13.7 Å². The average molecular weight is 210 g/mol. The molecule has 1 rings (SSSR count). The van der Waals surface area contributed by atoms with Gasteiger partial charge in [-0.15, -0.1) is 0 Å². The Labute approximate surface area is 91.3 Å². The largest absolute Gasteiger partial charge is 0.385 e. The molecule has 84 valence electrons. The first-order valence-corrected chi connectivity index (χ1v) is 5.53. The predicted octanol–water partition coefficient (Wildman–Crippen LogP) is 3.75. The Balaban J connectivity index is 2.61. The zero-order valence-electron chi connectivity index (χ0n) is 9.50. The fourth-order valence-corrected chi connectivity index (χ4v) is 1.86. The van der Waals surface area contributed by atoms with Crippen LogP contribution in [0.5, 0.6) is 0 Å². The Hall–Kier alpha value is -0.890. The van der Waals surface area contributed by atoms with Crippen LogP contribution >= 0.6 is 0 Å². The van der Waals surface area contributed by atoms with Crippen molar-refractivity contribution in [3.8, 4) is 0 Å². The van der Waals surface area contributed by atoms with Crippen LogP contribution in [0.15, 0.2) is 24.3 Å². The van der Waals surface area contributed by atoms with Gasteiger partial charge in [-0.3, -0.25) is 0 Å². The lowest BCUT2D eigenvalue weighted by Gasteiger charge is -2.15. The van der Waals surface area contributed by atoms with E-state index in [2.05, 4.69) is 6.92 Å². The smallest absolute Gasteiger partial charge is 0.126 e. The van der Waals surface area contributed by atoms with Gasteiger partial charge in [0.15, 0.2) is 0 Å². The minimum Gasteiger partial charge on any atom is -0.385 e. The van der Waals surface area contributed by atoms with Crippen LogP contribution in [0.1, 0.15) is 37.7 Å². The van der Waals surface area contributed by atoms with Crippen molar-refractivity contribution in [1.29, 1.82) is 0 Å². The summed E-state index contributed by atoms with van der Waals surface area (Å²) in [5.41, 5.74) is 0.844. The molecule has 2 heteroatoms. The zero-order chi connectivity index (χ0) is 11.1. The third-order valence-electron chi connectivity index (χ3n) is 2.74. The Morgan fingerprint density at radius 2 is 2.07 bits per heavy atom. The number of ether oxygens (including phenoxy) is 1. The third-order valence-corrected chi connectivity index (χ3v) is 2.74. The molecule has 0 aliphatic carbocycles. The minimum absolute atomic E-state index is 0.0817. The summed E-state index contributed by atoms with van der Waals surface area (Å²) in [7, 11) is 1.70. The number of benzene rings is 1. The Kier molecular flexibility index (Phi) is 5.33. The normalized spacial score (nSPS) is 12.7. The second kappa shape index (κ2) is 6.57. The van der Waals surface area contributed by atoms with Crippen LogP contribution in [0, 0.1) is 5.82 Å². The highest BCUT2D eigenvalue weighted by Crippen LogP contribution is 2.26. The quantitative estimate of drug-likeness (QED) is 0.650. The van der Waals surface area contributed by atoms with E-state index in [4.69, 9.17) is 4.74 Å². The van der Waals surface area contributed by atoms with Crippen molar-refractivity contribution in [3.05, 3.63) is 35.6 Å². The van der Waals surface area contributed by atoms with Gasteiger partial charge in [-0.05, 0) is 36.8 Å². The molecule has 0 saturated carbocycles. The lowest BCUT2D eigenvalue weighted by molar-refractivity contribution is 0.190. The molecule has 0 spiro atoms. The Morgan fingerprint density at radius 1 is 1.33 bits per heavy atom. The molecule has 0 N–H and O–H groups in total. The molecule has 0 amide bonds. The van der Waals surface area contributed by atoms with Gasteiger partial charge in [-0.2, -0.15) is 0 Å². The van der Waals surface area contributed by atoms with Crippen LogP contribution in [-0.4, -0.2) is 13.7 Å². The van der Waals surface area contributed by atoms with Gasteiger partial charge in [0.2, 0.25) is 0 Å². The molecule has 1 aromatic rings. The van der Waals surface area contributed by atoms with E-state index in [1.165, 1.54) is 6.07 Å². The summed E-state index contributed by atoms with van der Waals surface area (Å²) in [5, 5.41) is 0. The summed E-state index contributed by atoms with van der Waals surface area (Å²) >= 11 is 0. The van der Waals surface area contributed by atoms with Crippen LogP contribution in [0.25, 0.3) is 0 Å². The summed E-state index contributed by atoms with van der Waals surface area (Å²) in [5.74, 6) is 0.239. The lowest BCUT2D eigenvalue weighted by atomic mass is 9.91. The molecular weight excluding hydrogens is 191 g/mol. The average Bonchev–Trinajstić information content (AvgIpc) is 2.26. The van der Waals surface area contributed by atoms with Gasteiger partial charge in [-0.25, -0.2) is 4.39 Å². The maximum absolute atomic E-state index is 13.5. The topological polar surface area (TPSA) is 9.23 Å². The first kappa shape index (κ1) is 12.2. The minimum atomic E-state index is -0.0817. The van der Waals surface area contributed by atoms with E-state index in [1.54, 1.807) is 13.2 Å². The van der Waals surface area contributed by atoms with Crippen molar-refractivity contribution < 1.29 is 9.13 Å². The maximum Gasteiger partial charge on any atom is 0.126 e. The van der Waals surface area contributed by atoms with Crippen LogP contribution in [0.2, 0.25) is 0 Å². The Bertz CT molecular complexity index is 286. The van der Waals surface area contributed by atoms with E-state index in [0.717, 1.165) is 31.4 Å². The molecule has 1 nitrogen and oxygen atoms in total. The van der Waals surface area contributed by atoms with Gasteiger partial charge in [0, 0.05) is 13.7 Å². The molecule has 1 aromatic carbocycles. The molecule has 0 aromatic heterocycles. The predicted molar refractivity (Wildman–Crippen MR) is 60.5 cm³/mol. The number of hydrogen-bond donors (Lipinski definition) is 0. The van der Waals surface area contributed by atoms with E-state index < -0.39 is 0 Å². The fourth-order valence-electron chi connectivity index (χ4n) is 1.86. The van der Waals surface area contributed by atoms with Crippen molar-refractivity contribution in [2.45, 2.75) is 32.1 Å². The summed E-state index contributed by atoms with van der Waals surface area (Å²) in [6.45, 7) is 2.86. The van der Waals surface area contributed by atoms with E-state index >= 15 is 0 Å². The van der Waals surface area contributed by atoms with Crippen molar-refractivity contribution in [2.24, 2.45) is 0 Å². The van der Waals surface area contributed by atoms with Crippen molar-refractivity contribution in [3.63, 3.8) is 0 Å². The van der Waals surface area contributed by atoms with E-state index in [0.29, 0.717) is 5.92 Å². The molecule has 0 heterocycles. The standard InChI is InChI=1S/C13H19FO/c1-3-11(7-6-10-15-2)12-8-4-5-9-13(12)14/h4-5,8-9,11H,3,6-7,10H2,1-2H3/t11-/m0/s1. The molecule has 0 saturated heterocycles. The van der Waals surface area contributed by atoms with E-state index in [9.17, 15) is 4.39 Å². The van der Waals surface area contributed by atoms with Crippen molar-refractivity contribution in [1.82, 2.24) is 0 Å². The fraction of sp³-hybridized carbons (Fsp3) is 0.538. The monoisotopic (exact) mass is 210 g/mol. The molecule has 15 heavy (non-hydrogen) atoms. The molecular formula is C13H19FO. The van der Waals surface area contributed by atoms with Gasteiger partial charge < -0.3 is 4.74 Å². The second-order valence-electron chi connectivity index (χ2n) is 3.76. The molecule has 0 unspecified atom stereocenters. The van der Waals surface area contributed by atoms with Gasteiger partial charge in [-0.1, -0.05) is 25.1 Å². The maximum atomic E-state index is 13.5. The van der Waals surface area contributed by atoms with Gasteiger partial charge in [0.05, 0.1) is 0 Å². The lowest BCUT2D eigenvalue weighted by Crippen LogP contribution is -2.02. The number of halogens is 1. The second-order valence-corrected chi connectivity index (χ2v) is 3.76. The van der Waals surface area contributed by atoms with Crippen LogP contribution in [-0.2, 0) is 4.74 Å². The molecule has 0 fully saturated rings. The van der Waals surface area contributed by atoms with Crippen LogP contribution in [0.3, 0.4) is 0 Å². The molecule has 0 bridgehead atoms.